The van der Waals surface area contributed by atoms with Gasteiger partial charge in [-0.25, -0.2) is 0 Å². The van der Waals surface area contributed by atoms with Crippen molar-refractivity contribution in [1.82, 2.24) is 0 Å². The minimum atomic E-state index is -1.29. The number of hydrogen-bond donors (Lipinski definition) is 1. The first-order valence-corrected chi connectivity index (χ1v) is 13.5. The molecule has 3 heterocycles. The number of nitrogens with one attached hydrogen (secondary N) is 1. The fraction of sp³-hybridized carbons (Fsp3) is 0.483. The van der Waals surface area contributed by atoms with Crippen molar-refractivity contribution in [2.45, 2.75) is 56.5 Å². The van der Waals surface area contributed by atoms with Gasteiger partial charge in [0.25, 0.3) is 0 Å². The number of benzene rings is 1. The molecule has 8 rings (SSSR count). The maximum Gasteiger partial charge on any atom is 0.213 e. The summed E-state index contributed by atoms with van der Waals surface area (Å²) in [6, 6.07) is 16.4. The number of nitriles is 2. The first kappa shape index (κ1) is 20.6. The molecule has 1 aromatic heterocycles. The predicted molar refractivity (Wildman–Crippen MR) is 129 cm³/mol. The number of ketones is 1. The summed E-state index contributed by atoms with van der Waals surface area (Å²) in [5.41, 5.74) is 0.520. The van der Waals surface area contributed by atoms with Crippen LogP contribution in [0.15, 0.2) is 48.0 Å². The second kappa shape index (κ2) is 7.14. The van der Waals surface area contributed by atoms with Gasteiger partial charge in [0.05, 0.1) is 24.3 Å². The Balaban J connectivity index is 1.42. The van der Waals surface area contributed by atoms with Crippen LogP contribution >= 0.6 is 11.3 Å². The molecule has 4 saturated carbocycles. The number of carbonyl (C=O) groups excluding carboxylic acids is 1. The van der Waals surface area contributed by atoms with Crippen LogP contribution in [0, 0.1) is 51.2 Å². The largest absolute Gasteiger partial charge is 0.292 e. The second-order valence-corrected chi connectivity index (χ2v) is 12.5. The number of rotatable bonds is 3. The summed E-state index contributed by atoms with van der Waals surface area (Å²) < 4.78 is 0. The van der Waals surface area contributed by atoms with Gasteiger partial charge in [-0.15, -0.1) is 11.3 Å². The second-order valence-electron chi connectivity index (χ2n) is 11.5. The molecule has 5 fully saturated rings. The summed E-state index contributed by atoms with van der Waals surface area (Å²) in [4.78, 5) is 16.8. The van der Waals surface area contributed by atoms with Crippen molar-refractivity contribution in [3.8, 4) is 12.1 Å². The molecular weight excluding hydrogens is 438 g/mol. The highest BCUT2D eigenvalue weighted by Crippen LogP contribution is 2.62. The maximum atomic E-state index is 14.8. The van der Waals surface area contributed by atoms with E-state index in [4.69, 9.17) is 0 Å². The quantitative estimate of drug-likeness (QED) is 0.716. The molecule has 0 spiro atoms. The van der Waals surface area contributed by atoms with Crippen LogP contribution in [0.25, 0.3) is 6.08 Å². The highest BCUT2D eigenvalue weighted by molar-refractivity contribution is 7.10. The number of thiophene rings is 1. The van der Waals surface area contributed by atoms with E-state index in [9.17, 15) is 15.3 Å². The molecule has 5 heteroatoms. The van der Waals surface area contributed by atoms with Crippen LogP contribution in [0.5, 0.6) is 0 Å². The van der Waals surface area contributed by atoms with Gasteiger partial charge in [0.2, 0.25) is 5.41 Å². The van der Waals surface area contributed by atoms with Gasteiger partial charge in [-0.3, -0.25) is 9.69 Å². The first-order chi connectivity index (χ1) is 16.6. The van der Waals surface area contributed by atoms with Gasteiger partial charge in [-0.2, -0.15) is 10.5 Å². The van der Waals surface area contributed by atoms with Gasteiger partial charge in [0.15, 0.2) is 17.9 Å². The van der Waals surface area contributed by atoms with E-state index in [0.717, 1.165) is 40.2 Å². The zero-order chi connectivity index (χ0) is 23.1. The molecule has 2 aliphatic heterocycles. The van der Waals surface area contributed by atoms with Crippen LogP contribution < -0.4 is 4.90 Å². The fourth-order valence-corrected chi connectivity index (χ4v) is 9.95. The average Bonchev–Trinajstić information content (AvgIpc) is 3.47. The van der Waals surface area contributed by atoms with Crippen molar-refractivity contribution < 1.29 is 9.69 Å². The van der Waals surface area contributed by atoms with Gasteiger partial charge in [0.1, 0.15) is 0 Å². The highest BCUT2D eigenvalue weighted by atomic mass is 32.1. The summed E-state index contributed by atoms with van der Waals surface area (Å²) in [5.74, 6) is 1.95. The highest BCUT2D eigenvalue weighted by Gasteiger charge is 2.71. The van der Waals surface area contributed by atoms with E-state index in [1.54, 1.807) is 11.3 Å². The Hall–Kier alpha value is -2.73. The third-order valence-corrected chi connectivity index (χ3v) is 10.8. The fourth-order valence-electron chi connectivity index (χ4n) is 9.01. The molecule has 6 aliphatic rings. The molecule has 4 nitrogen and oxygen atoms in total. The van der Waals surface area contributed by atoms with Crippen LogP contribution in [0.2, 0.25) is 0 Å². The molecule has 4 bridgehead atoms. The van der Waals surface area contributed by atoms with E-state index in [2.05, 4.69) is 36.5 Å². The van der Waals surface area contributed by atoms with Gasteiger partial charge in [0, 0.05) is 15.9 Å². The molecule has 1 unspecified atom stereocenters. The standard InChI is InChI=1S/C29H27N3OS/c30-16-29(17-31)24(23-6-3-9-34-23)25(32-8-7-21-4-1-2-5-22(21)26(29)32)27(33)28-13-18-10-19(14-28)12-20(11-18)15-28/h1-9,18-20,24-26H,10-15H2/p+1/t18?,19?,20?,24-,25+,26+,28?/m0/s1. The van der Waals surface area contributed by atoms with Crippen molar-refractivity contribution in [3.05, 3.63) is 64.0 Å². The lowest BCUT2D eigenvalue weighted by Gasteiger charge is -2.56. The molecule has 34 heavy (non-hydrogen) atoms. The zero-order valence-electron chi connectivity index (χ0n) is 19.1. The minimum absolute atomic E-state index is 0.266. The third-order valence-electron chi connectivity index (χ3n) is 9.80. The lowest BCUT2D eigenvalue weighted by molar-refractivity contribution is -0.886. The van der Waals surface area contributed by atoms with Gasteiger partial charge in [-0.05, 0) is 79.4 Å². The van der Waals surface area contributed by atoms with Crippen molar-refractivity contribution in [3.63, 3.8) is 0 Å². The summed E-state index contributed by atoms with van der Waals surface area (Å²) in [6.07, 6.45) is 11.1. The number of quaternary nitrogens is 1. The van der Waals surface area contributed by atoms with E-state index >= 15 is 0 Å². The number of fused-ring (bicyclic) bond motifs is 3. The van der Waals surface area contributed by atoms with E-state index < -0.39 is 17.4 Å². The van der Waals surface area contributed by atoms with Crippen molar-refractivity contribution in [2.75, 3.05) is 0 Å². The molecule has 170 valence electrons. The normalized spacial score (nSPS) is 40.2. The topological polar surface area (TPSA) is 69.1 Å². The molecule has 0 radical (unpaired) electrons. The molecule has 4 aliphatic carbocycles. The average molecular weight is 467 g/mol. The van der Waals surface area contributed by atoms with Crippen LogP contribution in [0.4, 0.5) is 0 Å². The summed E-state index contributed by atoms with van der Waals surface area (Å²) in [7, 11) is 0. The molecule has 1 aromatic carbocycles. The van der Waals surface area contributed by atoms with Gasteiger partial charge >= 0.3 is 0 Å². The Labute approximate surface area is 204 Å². The molecular formula is C29H28N3OS+. The SMILES string of the molecule is N#CC1(C#N)[C@@H](c2cccs2)[C@H](C(=O)C23CC4CC(CC(C4)C2)C3)[NH+]2C=Cc3ccccc3[C@@H]21. The maximum absolute atomic E-state index is 14.8. The minimum Gasteiger partial charge on any atom is -0.292 e. The number of nitrogens with zero attached hydrogens (tertiary/aromatic N) is 2. The van der Waals surface area contributed by atoms with Crippen molar-refractivity contribution >= 4 is 23.2 Å². The summed E-state index contributed by atoms with van der Waals surface area (Å²) >= 11 is 1.59. The number of hydrogen-bond acceptors (Lipinski definition) is 4. The van der Waals surface area contributed by atoms with Crippen LogP contribution in [0.3, 0.4) is 0 Å². The predicted octanol–water partition coefficient (Wildman–Crippen LogP) is 4.64. The van der Waals surface area contributed by atoms with E-state index in [-0.39, 0.29) is 11.5 Å². The van der Waals surface area contributed by atoms with Gasteiger partial charge in [-0.1, -0.05) is 30.3 Å². The number of Topliss-reactive ketones (excluding diaryl/α,β-unsaturated/α-hetero) is 1. The van der Waals surface area contributed by atoms with Crippen molar-refractivity contribution in [1.29, 1.82) is 10.5 Å². The van der Waals surface area contributed by atoms with Crippen molar-refractivity contribution in [2.24, 2.45) is 28.6 Å². The number of carbonyl (C=O) groups is 1. The molecule has 1 saturated heterocycles. The zero-order valence-corrected chi connectivity index (χ0v) is 19.9. The molecule has 2 aromatic rings. The smallest absolute Gasteiger partial charge is 0.213 e. The third kappa shape index (κ3) is 2.58. The summed E-state index contributed by atoms with van der Waals surface area (Å²) in [5, 5.41) is 23.3. The van der Waals surface area contributed by atoms with E-state index in [0.29, 0.717) is 23.5 Å². The molecule has 0 amide bonds. The lowest BCUT2D eigenvalue weighted by Crippen LogP contribution is -3.12. The van der Waals surface area contributed by atoms with Crippen LogP contribution in [-0.2, 0) is 4.79 Å². The Morgan fingerprint density at radius 3 is 2.26 bits per heavy atom. The Kier molecular flexibility index (Phi) is 4.33. The Morgan fingerprint density at radius 1 is 0.971 bits per heavy atom. The van der Waals surface area contributed by atoms with E-state index in [1.165, 1.54) is 19.3 Å². The molecule has 4 atom stereocenters. The Bertz CT molecular complexity index is 1230. The van der Waals surface area contributed by atoms with E-state index in [1.807, 2.05) is 29.6 Å². The lowest BCUT2D eigenvalue weighted by atomic mass is 9.47. The Morgan fingerprint density at radius 2 is 1.65 bits per heavy atom. The van der Waals surface area contributed by atoms with Crippen LogP contribution in [0.1, 0.15) is 66.5 Å². The summed E-state index contributed by atoms with van der Waals surface area (Å²) in [6.45, 7) is 0. The van der Waals surface area contributed by atoms with Crippen LogP contribution in [-0.4, -0.2) is 11.8 Å². The molecule has 1 N–H and O–H groups in total. The first-order valence-electron chi connectivity index (χ1n) is 12.6. The van der Waals surface area contributed by atoms with Gasteiger partial charge < -0.3 is 0 Å². The monoisotopic (exact) mass is 466 g/mol.